The Labute approximate surface area is 115 Å². The highest BCUT2D eigenvalue weighted by Gasteiger charge is 2.60. The van der Waals surface area contributed by atoms with Gasteiger partial charge in [0.1, 0.15) is 0 Å². The standard InChI is InChI=1S/C17H24O2/c1-2-12-3-11(1)16-13-4-14(15(5-13)17(12)16)9-19-8-10-6-18-7-10/h1-2,10-17H,3-9H2. The lowest BCUT2D eigenvalue weighted by molar-refractivity contribution is -0.0796. The van der Waals surface area contributed by atoms with Crippen molar-refractivity contribution in [1.82, 2.24) is 0 Å². The van der Waals surface area contributed by atoms with Crippen molar-refractivity contribution in [3.63, 3.8) is 0 Å². The van der Waals surface area contributed by atoms with E-state index in [1.165, 1.54) is 19.3 Å². The Hall–Kier alpha value is -0.340. The highest BCUT2D eigenvalue weighted by atomic mass is 16.5. The molecule has 7 unspecified atom stereocenters. The summed E-state index contributed by atoms with van der Waals surface area (Å²) in [7, 11) is 0. The van der Waals surface area contributed by atoms with E-state index in [1.54, 1.807) is 0 Å². The van der Waals surface area contributed by atoms with E-state index >= 15 is 0 Å². The summed E-state index contributed by atoms with van der Waals surface area (Å²) in [6.07, 6.45) is 9.54. The van der Waals surface area contributed by atoms with Gasteiger partial charge in [-0.2, -0.15) is 0 Å². The van der Waals surface area contributed by atoms with Crippen molar-refractivity contribution >= 4 is 0 Å². The van der Waals surface area contributed by atoms with Crippen molar-refractivity contribution < 1.29 is 9.47 Å². The molecule has 1 aliphatic heterocycles. The van der Waals surface area contributed by atoms with E-state index in [4.69, 9.17) is 9.47 Å². The maximum Gasteiger partial charge on any atom is 0.0538 e. The molecule has 3 saturated carbocycles. The third-order valence-corrected chi connectivity index (χ3v) is 6.80. The molecule has 0 spiro atoms. The first-order valence-corrected chi connectivity index (χ1v) is 8.24. The van der Waals surface area contributed by atoms with Gasteiger partial charge < -0.3 is 9.47 Å². The maximum absolute atomic E-state index is 6.00. The molecule has 2 nitrogen and oxygen atoms in total. The molecule has 0 aromatic rings. The average molecular weight is 260 g/mol. The lowest BCUT2D eigenvalue weighted by Crippen LogP contribution is -2.35. The van der Waals surface area contributed by atoms with E-state index in [2.05, 4.69) is 12.2 Å². The molecule has 104 valence electrons. The number of hydrogen-bond donors (Lipinski definition) is 0. The minimum atomic E-state index is 0.691. The first-order chi connectivity index (χ1) is 9.40. The van der Waals surface area contributed by atoms with Crippen molar-refractivity contribution in [2.45, 2.75) is 19.3 Å². The second-order valence-corrected chi connectivity index (χ2v) is 7.70. The smallest absolute Gasteiger partial charge is 0.0538 e. The van der Waals surface area contributed by atoms with Crippen LogP contribution in [0, 0.1) is 47.3 Å². The van der Waals surface area contributed by atoms with Crippen LogP contribution in [-0.4, -0.2) is 26.4 Å². The molecule has 1 heterocycles. The molecule has 2 heteroatoms. The maximum atomic E-state index is 6.00. The van der Waals surface area contributed by atoms with Gasteiger partial charge in [-0.1, -0.05) is 12.2 Å². The third kappa shape index (κ3) is 1.56. The molecule has 4 fully saturated rings. The molecule has 7 atom stereocenters. The fourth-order valence-electron chi connectivity index (χ4n) is 6.11. The quantitative estimate of drug-likeness (QED) is 0.571. The molecule has 4 bridgehead atoms. The van der Waals surface area contributed by atoms with Crippen LogP contribution < -0.4 is 0 Å². The summed E-state index contributed by atoms with van der Waals surface area (Å²) in [4.78, 5) is 0. The largest absolute Gasteiger partial charge is 0.381 e. The first kappa shape index (κ1) is 11.3. The second kappa shape index (κ2) is 4.08. The lowest BCUT2D eigenvalue weighted by atomic mass is 9.69. The van der Waals surface area contributed by atoms with Gasteiger partial charge >= 0.3 is 0 Å². The van der Waals surface area contributed by atoms with Gasteiger partial charge in [0.2, 0.25) is 0 Å². The number of ether oxygens (including phenoxy) is 2. The van der Waals surface area contributed by atoms with E-state index < -0.39 is 0 Å². The number of allylic oxidation sites excluding steroid dienone is 2. The van der Waals surface area contributed by atoms with Gasteiger partial charge in [-0.25, -0.2) is 0 Å². The predicted molar refractivity (Wildman–Crippen MR) is 72.5 cm³/mol. The van der Waals surface area contributed by atoms with Crippen LogP contribution in [0.3, 0.4) is 0 Å². The molecule has 1 saturated heterocycles. The number of hydrogen-bond acceptors (Lipinski definition) is 2. The average Bonchev–Trinajstić information content (AvgIpc) is 3.08. The Morgan fingerprint density at radius 3 is 2.58 bits per heavy atom. The van der Waals surface area contributed by atoms with Crippen molar-refractivity contribution in [3.8, 4) is 0 Å². The van der Waals surface area contributed by atoms with Crippen LogP contribution in [0.4, 0.5) is 0 Å². The lowest BCUT2D eigenvalue weighted by Gasteiger charge is -2.37. The molecule has 4 aliphatic carbocycles. The fourth-order valence-corrected chi connectivity index (χ4v) is 6.11. The Kier molecular flexibility index (Phi) is 2.43. The van der Waals surface area contributed by atoms with Crippen LogP contribution in [0.15, 0.2) is 12.2 Å². The summed E-state index contributed by atoms with van der Waals surface area (Å²) in [5.41, 5.74) is 0. The van der Waals surface area contributed by atoms with Crippen molar-refractivity contribution in [1.29, 1.82) is 0 Å². The second-order valence-electron chi connectivity index (χ2n) is 7.70. The molecule has 5 rings (SSSR count). The van der Waals surface area contributed by atoms with Gasteiger partial charge in [-0.15, -0.1) is 0 Å². The van der Waals surface area contributed by atoms with Crippen LogP contribution in [-0.2, 0) is 9.47 Å². The Morgan fingerprint density at radius 1 is 0.947 bits per heavy atom. The Morgan fingerprint density at radius 2 is 1.79 bits per heavy atom. The van der Waals surface area contributed by atoms with E-state index in [1.807, 2.05) is 0 Å². The summed E-state index contributed by atoms with van der Waals surface area (Å²) in [5, 5.41) is 0. The summed E-state index contributed by atoms with van der Waals surface area (Å²) in [5.74, 6) is 7.59. The van der Waals surface area contributed by atoms with Crippen LogP contribution in [0.25, 0.3) is 0 Å². The molecular weight excluding hydrogens is 236 g/mol. The topological polar surface area (TPSA) is 18.5 Å². The zero-order valence-corrected chi connectivity index (χ0v) is 11.5. The van der Waals surface area contributed by atoms with Crippen molar-refractivity contribution in [2.24, 2.45) is 47.3 Å². The fraction of sp³-hybridized carbons (Fsp3) is 0.882. The molecule has 5 aliphatic rings. The Bertz CT molecular complexity index is 400. The minimum Gasteiger partial charge on any atom is -0.381 e. The number of fused-ring (bicyclic) bond motifs is 9. The molecule has 0 amide bonds. The van der Waals surface area contributed by atoms with Gasteiger partial charge in [0.05, 0.1) is 19.8 Å². The molecule has 0 N–H and O–H groups in total. The van der Waals surface area contributed by atoms with E-state index in [0.29, 0.717) is 5.92 Å². The summed E-state index contributed by atoms with van der Waals surface area (Å²) in [6, 6.07) is 0. The van der Waals surface area contributed by atoms with Crippen molar-refractivity contribution in [3.05, 3.63) is 12.2 Å². The summed E-state index contributed by atoms with van der Waals surface area (Å²) >= 11 is 0. The van der Waals surface area contributed by atoms with Crippen molar-refractivity contribution in [2.75, 3.05) is 26.4 Å². The third-order valence-electron chi connectivity index (χ3n) is 6.80. The molecular formula is C17H24O2. The van der Waals surface area contributed by atoms with E-state index in [0.717, 1.165) is 67.9 Å². The summed E-state index contributed by atoms with van der Waals surface area (Å²) in [6.45, 7) is 3.82. The SMILES string of the molecule is C1=CC2CC1C1C3CC(COCC4COC4)C(C3)C21. The number of rotatable bonds is 4. The summed E-state index contributed by atoms with van der Waals surface area (Å²) < 4.78 is 11.2. The van der Waals surface area contributed by atoms with Crippen LogP contribution in [0.5, 0.6) is 0 Å². The van der Waals surface area contributed by atoms with Crippen LogP contribution in [0.2, 0.25) is 0 Å². The molecule has 19 heavy (non-hydrogen) atoms. The van der Waals surface area contributed by atoms with Gasteiger partial charge in [-0.3, -0.25) is 0 Å². The van der Waals surface area contributed by atoms with Gasteiger partial charge in [0, 0.05) is 12.5 Å². The molecule has 0 radical (unpaired) electrons. The molecule has 0 aromatic heterocycles. The predicted octanol–water partition coefficient (Wildman–Crippen LogP) is 2.74. The Balaban J connectivity index is 1.22. The highest BCUT2D eigenvalue weighted by molar-refractivity contribution is 5.20. The van der Waals surface area contributed by atoms with E-state index in [-0.39, 0.29) is 0 Å². The first-order valence-electron chi connectivity index (χ1n) is 8.24. The highest BCUT2D eigenvalue weighted by Crippen LogP contribution is 2.66. The van der Waals surface area contributed by atoms with E-state index in [9.17, 15) is 0 Å². The van der Waals surface area contributed by atoms with Crippen LogP contribution >= 0.6 is 0 Å². The monoisotopic (exact) mass is 260 g/mol. The zero-order chi connectivity index (χ0) is 12.4. The molecule has 0 aromatic carbocycles. The van der Waals surface area contributed by atoms with Gasteiger partial charge in [0.15, 0.2) is 0 Å². The van der Waals surface area contributed by atoms with Gasteiger partial charge in [0.25, 0.3) is 0 Å². The van der Waals surface area contributed by atoms with Gasteiger partial charge in [-0.05, 0) is 60.7 Å². The zero-order valence-electron chi connectivity index (χ0n) is 11.5. The van der Waals surface area contributed by atoms with Crippen LogP contribution in [0.1, 0.15) is 19.3 Å². The minimum absolute atomic E-state index is 0.691. The normalized spacial score (nSPS) is 53.8.